The Morgan fingerprint density at radius 1 is 1.22 bits per heavy atom. The molecule has 1 aromatic heterocycles. The summed E-state index contributed by atoms with van der Waals surface area (Å²) >= 11 is 5.80. The lowest BCUT2D eigenvalue weighted by Gasteiger charge is -2.09. The predicted molar refractivity (Wildman–Crippen MR) is 69.3 cm³/mol. The Kier molecular flexibility index (Phi) is 3.59. The SMILES string of the molecule is Cc1nc(NN)cc(Nc2cc(Cl)ccc2F)n1. The first kappa shape index (κ1) is 12.5. The molecule has 18 heavy (non-hydrogen) atoms. The first-order chi connectivity index (χ1) is 8.58. The summed E-state index contributed by atoms with van der Waals surface area (Å²) in [5.41, 5.74) is 2.65. The third-order valence-corrected chi connectivity index (χ3v) is 2.41. The Labute approximate surface area is 108 Å². The van der Waals surface area contributed by atoms with Gasteiger partial charge in [-0.25, -0.2) is 20.2 Å². The fourth-order valence-electron chi connectivity index (χ4n) is 1.44. The van der Waals surface area contributed by atoms with Gasteiger partial charge in [0.05, 0.1) is 5.69 Å². The minimum absolute atomic E-state index is 0.239. The van der Waals surface area contributed by atoms with Gasteiger partial charge in [-0.15, -0.1) is 0 Å². The predicted octanol–water partition coefficient (Wildman–Crippen LogP) is 2.61. The number of hydrogen-bond donors (Lipinski definition) is 3. The first-order valence-electron chi connectivity index (χ1n) is 5.13. The maximum absolute atomic E-state index is 13.5. The van der Waals surface area contributed by atoms with Crippen LogP contribution in [0.3, 0.4) is 0 Å². The molecule has 0 saturated heterocycles. The van der Waals surface area contributed by atoms with E-state index in [1.807, 2.05) is 0 Å². The largest absolute Gasteiger partial charge is 0.338 e. The molecule has 0 fully saturated rings. The number of hydrazine groups is 1. The first-order valence-corrected chi connectivity index (χ1v) is 5.50. The van der Waals surface area contributed by atoms with Gasteiger partial charge in [0.1, 0.15) is 23.3 Å². The summed E-state index contributed by atoms with van der Waals surface area (Å²) in [4.78, 5) is 8.15. The van der Waals surface area contributed by atoms with Crippen LogP contribution in [-0.4, -0.2) is 9.97 Å². The van der Waals surface area contributed by atoms with Crippen LogP contribution < -0.4 is 16.6 Å². The Morgan fingerprint density at radius 3 is 2.67 bits per heavy atom. The lowest BCUT2D eigenvalue weighted by atomic mass is 10.3. The van der Waals surface area contributed by atoms with Gasteiger partial charge in [0.15, 0.2) is 0 Å². The van der Waals surface area contributed by atoms with Crippen molar-refractivity contribution >= 4 is 28.9 Å². The van der Waals surface area contributed by atoms with Crippen LogP contribution in [0.5, 0.6) is 0 Å². The van der Waals surface area contributed by atoms with Gasteiger partial charge in [0, 0.05) is 11.1 Å². The molecule has 0 aliphatic heterocycles. The summed E-state index contributed by atoms with van der Waals surface area (Å²) in [5.74, 6) is 6.23. The maximum Gasteiger partial charge on any atom is 0.146 e. The molecule has 94 valence electrons. The number of aryl methyl sites for hydroxylation is 1. The summed E-state index contributed by atoms with van der Waals surface area (Å²) in [6, 6.07) is 5.79. The number of anilines is 3. The number of nitrogens with one attached hydrogen (secondary N) is 2. The van der Waals surface area contributed by atoms with E-state index in [0.717, 1.165) is 0 Å². The summed E-state index contributed by atoms with van der Waals surface area (Å²) in [5, 5.41) is 3.25. The summed E-state index contributed by atoms with van der Waals surface area (Å²) in [6.45, 7) is 1.71. The van der Waals surface area contributed by atoms with Crippen LogP contribution in [0.15, 0.2) is 24.3 Å². The smallest absolute Gasteiger partial charge is 0.146 e. The molecule has 1 heterocycles. The summed E-state index contributed by atoms with van der Waals surface area (Å²) in [6.07, 6.45) is 0. The minimum Gasteiger partial charge on any atom is -0.338 e. The Bertz CT molecular complexity index is 575. The molecule has 2 aromatic rings. The number of hydrogen-bond acceptors (Lipinski definition) is 5. The van der Waals surface area contributed by atoms with Crippen molar-refractivity contribution in [3.63, 3.8) is 0 Å². The molecule has 4 N–H and O–H groups in total. The second kappa shape index (κ2) is 5.16. The molecule has 1 aromatic carbocycles. The van der Waals surface area contributed by atoms with Gasteiger partial charge >= 0.3 is 0 Å². The van der Waals surface area contributed by atoms with Gasteiger partial charge in [-0.3, -0.25) is 0 Å². The van der Waals surface area contributed by atoms with Crippen LogP contribution in [0.25, 0.3) is 0 Å². The van der Waals surface area contributed by atoms with E-state index in [4.69, 9.17) is 17.4 Å². The van der Waals surface area contributed by atoms with Crippen LogP contribution in [0, 0.1) is 12.7 Å². The van der Waals surface area contributed by atoms with E-state index in [-0.39, 0.29) is 5.69 Å². The highest BCUT2D eigenvalue weighted by molar-refractivity contribution is 6.30. The number of rotatable bonds is 3. The van der Waals surface area contributed by atoms with Gasteiger partial charge < -0.3 is 10.7 Å². The monoisotopic (exact) mass is 267 g/mol. The molecule has 0 atom stereocenters. The van der Waals surface area contributed by atoms with Crippen molar-refractivity contribution in [2.45, 2.75) is 6.92 Å². The fourth-order valence-corrected chi connectivity index (χ4v) is 1.61. The molecule has 5 nitrogen and oxygen atoms in total. The van der Waals surface area contributed by atoms with Crippen LogP contribution >= 0.6 is 11.6 Å². The van der Waals surface area contributed by atoms with Crippen molar-refractivity contribution in [3.05, 3.63) is 40.9 Å². The topological polar surface area (TPSA) is 75.9 Å². The van der Waals surface area contributed by atoms with Crippen LogP contribution in [-0.2, 0) is 0 Å². The van der Waals surface area contributed by atoms with Crippen molar-refractivity contribution in [1.29, 1.82) is 0 Å². The summed E-state index contributed by atoms with van der Waals surface area (Å²) < 4.78 is 13.5. The van der Waals surface area contributed by atoms with Crippen molar-refractivity contribution in [1.82, 2.24) is 9.97 Å². The number of benzene rings is 1. The number of nitrogens with two attached hydrogens (primary N) is 1. The zero-order chi connectivity index (χ0) is 13.1. The lowest BCUT2D eigenvalue weighted by Crippen LogP contribution is -2.10. The van der Waals surface area contributed by atoms with Crippen LogP contribution in [0.4, 0.5) is 21.7 Å². The van der Waals surface area contributed by atoms with Gasteiger partial charge in [0.2, 0.25) is 0 Å². The molecule has 0 spiro atoms. The molecule has 0 aliphatic carbocycles. The van der Waals surface area contributed by atoms with Gasteiger partial charge in [-0.1, -0.05) is 11.6 Å². The van der Waals surface area contributed by atoms with E-state index in [2.05, 4.69) is 20.7 Å². The van der Waals surface area contributed by atoms with Crippen molar-refractivity contribution < 1.29 is 4.39 Å². The van der Waals surface area contributed by atoms with E-state index in [1.165, 1.54) is 18.2 Å². The molecule has 0 bridgehead atoms. The fraction of sp³-hybridized carbons (Fsp3) is 0.0909. The molecule has 0 radical (unpaired) electrons. The average molecular weight is 268 g/mol. The number of aromatic nitrogens is 2. The van der Waals surface area contributed by atoms with Crippen molar-refractivity contribution in [2.24, 2.45) is 5.84 Å². The molecule has 0 aliphatic rings. The summed E-state index contributed by atoms with van der Waals surface area (Å²) in [7, 11) is 0. The van der Waals surface area contributed by atoms with E-state index >= 15 is 0 Å². The minimum atomic E-state index is -0.419. The standard InChI is InChI=1S/C11H11ClFN5/c1-6-15-10(5-11(16-6)18-14)17-9-4-7(12)2-3-8(9)13/h2-5H,14H2,1H3,(H2,15,16,17,18). The number of nitrogen functional groups attached to an aromatic ring is 1. The third kappa shape index (κ3) is 2.85. The second-order valence-corrected chi connectivity index (χ2v) is 4.02. The van der Waals surface area contributed by atoms with Crippen molar-refractivity contribution in [3.8, 4) is 0 Å². The Hall–Kier alpha value is -1.92. The van der Waals surface area contributed by atoms with E-state index in [9.17, 15) is 4.39 Å². The normalized spacial score (nSPS) is 10.2. The van der Waals surface area contributed by atoms with Crippen LogP contribution in [0.1, 0.15) is 5.82 Å². The highest BCUT2D eigenvalue weighted by atomic mass is 35.5. The molecule has 0 amide bonds. The number of nitrogens with zero attached hydrogens (tertiary/aromatic N) is 2. The molecule has 7 heteroatoms. The van der Waals surface area contributed by atoms with E-state index in [1.54, 1.807) is 13.0 Å². The number of halogens is 2. The van der Waals surface area contributed by atoms with Gasteiger partial charge in [-0.2, -0.15) is 0 Å². The van der Waals surface area contributed by atoms with E-state index in [0.29, 0.717) is 22.5 Å². The molecular formula is C11H11ClFN5. The van der Waals surface area contributed by atoms with Gasteiger partial charge in [-0.05, 0) is 25.1 Å². The highest BCUT2D eigenvalue weighted by Gasteiger charge is 2.06. The zero-order valence-corrected chi connectivity index (χ0v) is 10.3. The Balaban J connectivity index is 2.33. The average Bonchev–Trinajstić information content (AvgIpc) is 2.33. The molecule has 0 saturated carbocycles. The van der Waals surface area contributed by atoms with Gasteiger partial charge in [0.25, 0.3) is 0 Å². The third-order valence-electron chi connectivity index (χ3n) is 2.18. The van der Waals surface area contributed by atoms with E-state index < -0.39 is 5.82 Å². The lowest BCUT2D eigenvalue weighted by molar-refractivity contribution is 0.632. The second-order valence-electron chi connectivity index (χ2n) is 3.58. The highest BCUT2D eigenvalue weighted by Crippen LogP contribution is 2.23. The Morgan fingerprint density at radius 2 is 1.94 bits per heavy atom. The van der Waals surface area contributed by atoms with Crippen molar-refractivity contribution in [2.75, 3.05) is 10.7 Å². The molecule has 2 rings (SSSR count). The maximum atomic E-state index is 13.5. The molecule has 0 unspecified atom stereocenters. The zero-order valence-electron chi connectivity index (χ0n) is 9.54. The quantitative estimate of drug-likeness (QED) is 0.589. The van der Waals surface area contributed by atoms with Crippen LogP contribution in [0.2, 0.25) is 5.02 Å². The molecular weight excluding hydrogens is 257 g/mol.